The van der Waals surface area contributed by atoms with Gasteiger partial charge in [-0.3, -0.25) is 0 Å². The summed E-state index contributed by atoms with van der Waals surface area (Å²) in [6.45, 7) is 0. The second kappa shape index (κ2) is 3.06. The summed E-state index contributed by atoms with van der Waals surface area (Å²) in [7, 11) is 0. The minimum Gasteiger partial charge on any atom is -0.356 e. The first-order valence-electron chi connectivity index (χ1n) is 3.39. The molecule has 0 amide bonds. The second-order valence-electron chi connectivity index (χ2n) is 2.24. The molecule has 3 nitrogen and oxygen atoms in total. The lowest BCUT2D eigenvalue weighted by Gasteiger charge is -1.93. The number of aromatic nitrogens is 2. The third-order valence-electron chi connectivity index (χ3n) is 1.45. The molecule has 2 rings (SSSR count). The first kappa shape index (κ1) is 7.49. The molecule has 0 spiro atoms. The molecule has 2 heterocycles. The first-order valence-corrected chi connectivity index (χ1v) is 4.18. The lowest BCUT2D eigenvalue weighted by molar-refractivity contribution is 0.432. The Morgan fingerprint density at radius 1 is 1.25 bits per heavy atom. The van der Waals surface area contributed by atoms with E-state index in [1.54, 1.807) is 12.4 Å². The Hall–Kier alpha value is -1.16. The molecule has 4 heteroatoms. The average molecular weight is 225 g/mol. The molecule has 0 bridgehead atoms. The smallest absolute Gasteiger partial charge is 0.166 e. The van der Waals surface area contributed by atoms with E-state index in [-0.39, 0.29) is 0 Å². The van der Waals surface area contributed by atoms with E-state index in [4.69, 9.17) is 4.52 Å². The lowest BCUT2D eigenvalue weighted by Crippen LogP contribution is -1.76. The Bertz CT molecular complexity index is 372. The minimum absolute atomic E-state index is 0.748. The van der Waals surface area contributed by atoms with Gasteiger partial charge < -0.3 is 4.52 Å². The third kappa shape index (κ3) is 1.38. The fourth-order valence-corrected chi connectivity index (χ4v) is 1.29. The van der Waals surface area contributed by atoms with Crippen molar-refractivity contribution in [3.63, 3.8) is 0 Å². The molecular formula is C8H5BrN2O. The van der Waals surface area contributed by atoms with Crippen LogP contribution in [0.1, 0.15) is 0 Å². The van der Waals surface area contributed by atoms with Gasteiger partial charge in [-0.2, -0.15) is 0 Å². The van der Waals surface area contributed by atoms with E-state index in [2.05, 4.69) is 26.1 Å². The molecule has 2 aromatic rings. The molecule has 0 N–H and O–H groups in total. The number of nitrogens with zero attached hydrogens (tertiary/aromatic N) is 2. The Balaban J connectivity index is 2.48. The van der Waals surface area contributed by atoms with Crippen molar-refractivity contribution in [2.75, 3.05) is 0 Å². The number of pyridine rings is 1. The highest BCUT2D eigenvalue weighted by molar-refractivity contribution is 9.10. The average Bonchev–Trinajstić information content (AvgIpc) is 2.56. The summed E-state index contributed by atoms with van der Waals surface area (Å²) in [5, 5.41) is 3.62. The van der Waals surface area contributed by atoms with Gasteiger partial charge in [-0.25, -0.2) is 4.98 Å². The minimum atomic E-state index is 0.748. The maximum atomic E-state index is 4.98. The zero-order chi connectivity index (χ0) is 8.39. The zero-order valence-corrected chi connectivity index (χ0v) is 7.65. The molecule has 0 aliphatic carbocycles. The number of hydrogen-bond donors (Lipinski definition) is 0. The standard InChI is InChI=1S/C8H5BrN2O/c9-8-5-6(1-3-10-8)7-2-4-11-12-7/h1-5H. The molecule has 0 unspecified atom stereocenters. The van der Waals surface area contributed by atoms with Crippen LogP contribution in [0.4, 0.5) is 0 Å². The van der Waals surface area contributed by atoms with Gasteiger partial charge in [0.15, 0.2) is 5.76 Å². The summed E-state index contributed by atoms with van der Waals surface area (Å²) in [4.78, 5) is 4.00. The summed E-state index contributed by atoms with van der Waals surface area (Å²) < 4.78 is 5.76. The van der Waals surface area contributed by atoms with Crippen LogP contribution >= 0.6 is 15.9 Å². The van der Waals surface area contributed by atoms with Gasteiger partial charge in [0.05, 0.1) is 6.20 Å². The molecule has 60 valence electrons. The summed E-state index contributed by atoms with van der Waals surface area (Å²) in [6.07, 6.45) is 3.33. The highest BCUT2D eigenvalue weighted by Gasteiger charge is 2.01. The fourth-order valence-electron chi connectivity index (χ4n) is 0.920. The highest BCUT2D eigenvalue weighted by Crippen LogP contribution is 2.20. The van der Waals surface area contributed by atoms with E-state index in [1.807, 2.05) is 18.2 Å². The van der Waals surface area contributed by atoms with E-state index in [1.165, 1.54) is 0 Å². The highest BCUT2D eigenvalue weighted by atomic mass is 79.9. The molecular weight excluding hydrogens is 220 g/mol. The Morgan fingerprint density at radius 2 is 2.17 bits per heavy atom. The van der Waals surface area contributed by atoms with Gasteiger partial charge in [-0.15, -0.1) is 0 Å². The van der Waals surface area contributed by atoms with Gasteiger partial charge in [0.25, 0.3) is 0 Å². The predicted octanol–water partition coefficient (Wildman–Crippen LogP) is 2.50. The molecule has 0 aromatic carbocycles. The summed E-state index contributed by atoms with van der Waals surface area (Å²) in [5.41, 5.74) is 0.967. The van der Waals surface area contributed by atoms with Crippen LogP contribution in [-0.2, 0) is 0 Å². The van der Waals surface area contributed by atoms with E-state index < -0.39 is 0 Å². The maximum Gasteiger partial charge on any atom is 0.166 e. The van der Waals surface area contributed by atoms with Crippen LogP contribution in [0.5, 0.6) is 0 Å². The van der Waals surface area contributed by atoms with Crippen molar-refractivity contribution >= 4 is 15.9 Å². The molecule has 0 saturated carbocycles. The van der Waals surface area contributed by atoms with Crippen molar-refractivity contribution in [3.8, 4) is 11.3 Å². The van der Waals surface area contributed by atoms with Gasteiger partial charge in [-0.1, -0.05) is 5.16 Å². The quantitative estimate of drug-likeness (QED) is 0.700. The van der Waals surface area contributed by atoms with Crippen LogP contribution in [0.15, 0.2) is 39.7 Å². The molecule has 0 radical (unpaired) electrons. The van der Waals surface area contributed by atoms with Crippen LogP contribution in [0.3, 0.4) is 0 Å². The molecule has 0 aliphatic heterocycles. The van der Waals surface area contributed by atoms with Crippen molar-refractivity contribution in [1.82, 2.24) is 10.1 Å². The molecule has 0 fully saturated rings. The van der Waals surface area contributed by atoms with Crippen molar-refractivity contribution in [2.45, 2.75) is 0 Å². The molecule has 0 saturated heterocycles. The third-order valence-corrected chi connectivity index (χ3v) is 1.88. The molecule has 2 aromatic heterocycles. The monoisotopic (exact) mass is 224 g/mol. The predicted molar refractivity (Wildman–Crippen MR) is 47.4 cm³/mol. The Kier molecular flexibility index (Phi) is 1.91. The van der Waals surface area contributed by atoms with Gasteiger partial charge in [0.2, 0.25) is 0 Å². The van der Waals surface area contributed by atoms with E-state index >= 15 is 0 Å². The molecule has 0 aliphatic rings. The maximum absolute atomic E-state index is 4.98. The molecule has 12 heavy (non-hydrogen) atoms. The van der Waals surface area contributed by atoms with Crippen LogP contribution in [0.2, 0.25) is 0 Å². The van der Waals surface area contributed by atoms with Gasteiger partial charge in [0.1, 0.15) is 4.60 Å². The van der Waals surface area contributed by atoms with E-state index in [9.17, 15) is 0 Å². The topological polar surface area (TPSA) is 38.9 Å². The van der Waals surface area contributed by atoms with E-state index in [0.717, 1.165) is 15.9 Å². The molecule has 0 atom stereocenters. The number of halogens is 1. The van der Waals surface area contributed by atoms with Crippen LogP contribution in [0, 0.1) is 0 Å². The van der Waals surface area contributed by atoms with Gasteiger partial charge in [-0.05, 0) is 28.1 Å². The van der Waals surface area contributed by atoms with E-state index in [0.29, 0.717) is 0 Å². The second-order valence-corrected chi connectivity index (χ2v) is 3.06. The zero-order valence-electron chi connectivity index (χ0n) is 6.07. The largest absolute Gasteiger partial charge is 0.356 e. The van der Waals surface area contributed by atoms with Crippen molar-refractivity contribution in [1.29, 1.82) is 0 Å². The summed E-state index contributed by atoms with van der Waals surface area (Å²) in [6, 6.07) is 5.55. The number of hydrogen-bond acceptors (Lipinski definition) is 3. The Morgan fingerprint density at radius 3 is 2.83 bits per heavy atom. The first-order chi connectivity index (χ1) is 5.86. The van der Waals surface area contributed by atoms with Crippen molar-refractivity contribution < 1.29 is 4.52 Å². The van der Waals surface area contributed by atoms with Crippen molar-refractivity contribution in [3.05, 3.63) is 35.2 Å². The lowest BCUT2D eigenvalue weighted by atomic mass is 10.2. The summed E-state index contributed by atoms with van der Waals surface area (Å²) in [5.74, 6) is 0.748. The van der Waals surface area contributed by atoms with Crippen LogP contribution in [-0.4, -0.2) is 10.1 Å². The van der Waals surface area contributed by atoms with Crippen LogP contribution < -0.4 is 0 Å². The van der Waals surface area contributed by atoms with Gasteiger partial charge >= 0.3 is 0 Å². The normalized spacial score (nSPS) is 10.1. The summed E-state index contributed by atoms with van der Waals surface area (Å²) >= 11 is 3.27. The Labute approximate surface area is 77.5 Å². The van der Waals surface area contributed by atoms with Crippen LogP contribution in [0.25, 0.3) is 11.3 Å². The number of rotatable bonds is 1. The van der Waals surface area contributed by atoms with Gasteiger partial charge in [0, 0.05) is 17.8 Å². The van der Waals surface area contributed by atoms with Crippen molar-refractivity contribution in [2.24, 2.45) is 0 Å². The fraction of sp³-hybridized carbons (Fsp3) is 0. The SMILES string of the molecule is Brc1cc(-c2ccno2)ccn1.